The molecule has 4 heteroatoms. The molecular weight excluding hydrogens is 212 g/mol. The zero-order chi connectivity index (χ0) is 11.8. The van der Waals surface area contributed by atoms with Crippen molar-refractivity contribution in [3.8, 4) is 5.75 Å². The number of halogens is 2. The van der Waals surface area contributed by atoms with Crippen molar-refractivity contribution in [2.45, 2.75) is 31.2 Å². The van der Waals surface area contributed by atoms with Crippen LogP contribution in [-0.4, -0.2) is 12.6 Å². The number of hydrogen-bond donors (Lipinski definition) is 1. The van der Waals surface area contributed by atoms with Crippen molar-refractivity contribution in [3.05, 3.63) is 29.3 Å². The van der Waals surface area contributed by atoms with E-state index in [0.717, 1.165) is 18.9 Å². The molecule has 0 spiro atoms. The maximum absolute atomic E-state index is 13.5. The van der Waals surface area contributed by atoms with Gasteiger partial charge in [-0.3, -0.25) is 0 Å². The molecule has 2 nitrogen and oxygen atoms in total. The third-order valence-corrected chi connectivity index (χ3v) is 3.14. The summed E-state index contributed by atoms with van der Waals surface area (Å²) in [5, 5.41) is 0. The molecule has 1 aliphatic carbocycles. The molecule has 88 valence electrons. The Morgan fingerprint density at radius 2 is 2.06 bits per heavy atom. The molecule has 0 amide bonds. The van der Waals surface area contributed by atoms with Gasteiger partial charge in [0, 0.05) is 11.1 Å². The van der Waals surface area contributed by atoms with Gasteiger partial charge in [-0.15, -0.1) is 0 Å². The van der Waals surface area contributed by atoms with E-state index in [1.54, 1.807) is 0 Å². The SMILES string of the molecule is COc1ccc(F)c(F)c1CCC1(N)CC1. The normalized spacial score (nSPS) is 17.2. The second-order valence-electron chi connectivity index (χ2n) is 4.40. The van der Waals surface area contributed by atoms with Crippen molar-refractivity contribution in [2.24, 2.45) is 5.73 Å². The van der Waals surface area contributed by atoms with E-state index >= 15 is 0 Å². The molecule has 1 aromatic rings. The van der Waals surface area contributed by atoms with Gasteiger partial charge in [-0.2, -0.15) is 0 Å². The number of ether oxygens (including phenoxy) is 1. The topological polar surface area (TPSA) is 35.2 Å². The monoisotopic (exact) mass is 227 g/mol. The molecule has 0 atom stereocenters. The zero-order valence-electron chi connectivity index (χ0n) is 9.22. The molecule has 1 saturated carbocycles. The number of hydrogen-bond acceptors (Lipinski definition) is 2. The van der Waals surface area contributed by atoms with Crippen LogP contribution in [0.3, 0.4) is 0 Å². The van der Waals surface area contributed by atoms with Crippen LogP contribution in [0, 0.1) is 11.6 Å². The van der Waals surface area contributed by atoms with Gasteiger partial charge in [-0.1, -0.05) is 0 Å². The summed E-state index contributed by atoms with van der Waals surface area (Å²) in [4.78, 5) is 0. The predicted octanol–water partition coefficient (Wildman–Crippen LogP) is 2.40. The van der Waals surface area contributed by atoms with Gasteiger partial charge >= 0.3 is 0 Å². The molecule has 0 aromatic heterocycles. The van der Waals surface area contributed by atoms with Gasteiger partial charge in [-0.25, -0.2) is 8.78 Å². The summed E-state index contributed by atoms with van der Waals surface area (Å²) in [6, 6.07) is 2.52. The van der Waals surface area contributed by atoms with Crippen molar-refractivity contribution in [1.82, 2.24) is 0 Å². The average Bonchev–Trinajstić information content (AvgIpc) is 2.99. The predicted molar refractivity (Wildman–Crippen MR) is 57.4 cm³/mol. The van der Waals surface area contributed by atoms with E-state index in [1.807, 2.05) is 0 Å². The van der Waals surface area contributed by atoms with E-state index in [-0.39, 0.29) is 5.54 Å². The van der Waals surface area contributed by atoms with E-state index in [4.69, 9.17) is 10.5 Å². The molecule has 2 rings (SSSR count). The standard InChI is InChI=1S/C12H15F2NO/c1-16-10-3-2-9(13)11(14)8(10)4-5-12(15)6-7-12/h2-3H,4-7,15H2,1H3. The summed E-state index contributed by atoms with van der Waals surface area (Å²) in [6.07, 6.45) is 3.02. The summed E-state index contributed by atoms with van der Waals surface area (Å²) in [5.74, 6) is -1.26. The Bertz CT molecular complexity index is 402. The fourth-order valence-corrected chi connectivity index (χ4v) is 1.78. The van der Waals surface area contributed by atoms with Crippen LogP contribution in [0.5, 0.6) is 5.75 Å². The van der Waals surface area contributed by atoms with Gasteiger partial charge in [-0.05, 0) is 37.8 Å². The molecule has 0 unspecified atom stereocenters. The minimum absolute atomic E-state index is 0.163. The zero-order valence-corrected chi connectivity index (χ0v) is 9.22. The summed E-state index contributed by atoms with van der Waals surface area (Å²) in [7, 11) is 1.45. The number of rotatable bonds is 4. The van der Waals surface area contributed by atoms with Gasteiger partial charge in [0.15, 0.2) is 11.6 Å². The maximum atomic E-state index is 13.5. The third kappa shape index (κ3) is 2.16. The smallest absolute Gasteiger partial charge is 0.165 e. The van der Waals surface area contributed by atoms with E-state index < -0.39 is 11.6 Å². The Morgan fingerprint density at radius 3 is 2.62 bits per heavy atom. The van der Waals surface area contributed by atoms with Crippen LogP contribution < -0.4 is 10.5 Å². The second kappa shape index (κ2) is 4.01. The third-order valence-electron chi connectivity index (χ3n) is 3.14. The maximum Gasteiger partial charge on any atom is 0.165 e. The summed E-state index contributed by atoms with van der Waals surface area (Å²) in [5.41, 5.74) is 6.05. The van der Waals surface area contributed by atoms with Crippen LogP contribution in [-0.2, 0) is 6.42 Å². The first-order chi connectivity index (χ1) is 7.56. The number of methoxy groups -OCH3 is 1. The fourth-order valence-electron chi connectivity index (χ4n) is 1.78. The quantitative estimate of drug-likeness (QED) is 0.857. The highest BCUT2D eigenvalue weighted by atomic mass is 19.2. The van der Waals surface area contributed by atoms with Crippen LogP contribution in [0.1, 0.15) is 24.8 Å². The van der Waals surface area contributed by atoms with Gasteiger partial charge < -0.3 is 10.5 Å². The Kier molecular flexibility index (Phi) is 2.84. The molecule has 1 fully saturated rings. The molecule has 2 N–H and O–H groups in total. The Balaban J connectivity index is 2.19. The Hall–Kier alpha value is -1.16. The van der Waals surface area contributed by atoms with Crippen LogP contribution in [0.25, 0.3) is 0 Å². The fraction of sp³-hybridized carbons (Fsp3) is 0.500. The number of nitrogens with two attached hydrogens (primary N) is 1. The van der Waals surface area contributed by atoms with Crippen molar-refractivity contribution >= 4 is 0 Å². The molecule has 16 heavy (non-hydrogen) atoms. The summed E-state index contributed by atoms with van der Waals surface area (Å²) >= 11 is 0. The van der Waals surface area contributed by atoms with Crippen molar-refractivity contribution < 1.29 is 13.5 Å². The van der Waals surface area contributed by atoms with Gasteiger partial charge in [0.2, 0.25) is 0 Å². The minimum Gasteiger partial charge on any atom is -0.496 e. The molecule has 0 heterocycles. The molecule has 0 saturated heterocycles. The lowest BCUT2D eigenvalue weighted by Gasteiger charge is -2.12. The molecule has 1 aromatic carbocycles. The molecule has 1 aliphatic rings. The number of benzene rings is 1. The lowest BCUT2D eigenvalue weighted by Crippen LogP contribution is -2.22. The Morgan fingerprint density at radius 1 is 1.38 bits per heavy atom. The average molecular weight is 227 g/mol. The van der Waals surface area contributed by atoms with Crippen molar-refractivity contribution in [1.29, 1.82) is 0 Å². The lowest BCUT2D eigenvalue weighted by atomic mass is 10.0. The van der Waals surface area contributed by atoms with Gasteiger partial charge in [0.05, 0.1) is 7.11 Å². The first kappa shape index (κ1) is 11.3. The Labute approximate surface area is 93.4 Å². The van der Waals surface area contributed by atoms with E-state index in [1.165, 1.54) is 13.2 Å². The van der Waals surface area contributed by atoms with Crippen LogP contribution in [0.4, 0.5) is 8.78 Å². The first-order valence-corrected chi connectivity index (χ1v) is 5.35. The molecule has 0 aliphatic heterocycles. The summed E-state index contributed by atoms with van der Waals surface area (Å²) in [6.45, 7) is 0. The lowest BCUT2D eigenvalue weighted by molar-refractivity contribution is 0.395. The van der Waals surface area contributed by atoms with E-state index in [9.17, 15) is 8.78 Å². The highest BCUT2D eigenvalue weighted by Gasteiger charge is 2.37. The minimum atomic E-state index is -0.835. The van der Waals surface area contributed by atoms with Gasteiger partial charge in [0.25, 0.3) is 0 Å². The second-order valence-corrected chi connectivity index (χ2v) is 4.40. The first-order valence-electron chi connectivity index (χ1n) is 5.35. The molecular formula is C12H15F2NO. The van der Waals surface area contributed by atoms with Gasteiger partial charge in [0.1, 0.15) is 5.75 Å². The molecule has 0 bridgehead atoms. The van der Waals surface area contributed by atoms with Crippen LogP contribution >= 0.6 is 0 Å². The summed E-state index contributed by atoms with van der Waals surface area (Å²) < 4.78 is 31.6. The highest BCUT2D eigenvalue weighted by molar-refractivity contribution is 5.35. The van der Waals surface area contributed by atoms with Crippen LogP contribution in [0.15, 0.2) is 12.1 Å². The van der Waals surface area contributed by atoms with Crippen LogP contribution in [0.2, 0.25) is 0 Å². The van der Waals surface area contributed by atoms with Crippen molar-refractivity contribution in [2.75, 3.05) is 7.11 Å². The molecule has 0 radical (unpaired) electrons. The van der Waals surface area contributed by atoms with Crippen molar-refractivity contribution in [3.63, 3.8) is 0 Å². The highest BCUT2D eigenvalue weighted by Crippen LogP contribution is 2.38. The van der Waals surface area contributed by atoms with E-state index in [0.29, 0.717) is 24.2 Å². The largest absolute Gasteiger partial charge is 0.496 e. The van der Waals surface area contributed by atoms with E-state index in [2.05, 4.69) is 0 Å².